The lowest BCUT2D eigenvalue weighted by Crippen LogP contribution is -2.42. The number of amides is 1. The Morgan fingerprint density at radius 1 is 0.920 bits per heavy atom. The van der Waals surface area contributed by atoms with Gasteiger partial charge in [0.2, 0.25) is 5.91 Å². The smallest absolute Gasteiger partial charge is 0.326 e. The SMILES string of the molecule is O=C(CCc1ccc(O)cc1)NC(Cc1ccc(O)c(O)c1)C(=O)O. The second-order valence-electron chi connectivity index (χ2n) is 5.65. The summed E-state index contributed by atoms with van der Waals surface area (Å²) in [5.41, 5.74) is 1.32. The normalized spacial score (nSPS) is 11.7. The molecule has 0 spiro atoms. The molecule has 1 unspecified atom stereocenters. The Morgan fingerprint density at radius 2 is 1.56 bits per heavy atom. The third-order valence-corrected chi connectivity index (χ3v) is 3.69. The molecule has 0 saturated carbocycles. The minimum Gasteiger partial charge on any atom is -0.508 e. The molecule has 0 aliphatic carbocycles. The number of carboxylic acids is 1. The van der Waals surface area contributed by atoms with Gasteiger partial charge in [0, 0.05) is 12.8 Å². The minimum absolute atomic E-state index is 0.0197. The summed E-state index contributed by atoms with van der Waals surface area (Å²) in [4.78, 5) is 23.3. The molecule has 2 aromatic rings. The highest BCUT2D eigenvalue weighted by Gasteiger charge is 2.20. The summed E-state index contributed by atoms with van der Waals surface area (Å²) in [6.45, 7) is 0. The highest BCUT2D eigenvalue weighted by molar-refractivity contribution is 5.83. The van der Waals surface area contributed by atoms with Gasteiger partial charge in [-0.1, -0.05) is 18.2 Å². The summed E-state index contributed by atoms with van der Waals surface area (Å²) in [5.74, 6) is -2.11. The van der Waals surface area contributed by atoms with Crippen LogP contribution in [0.5, 0.6) is 17.2 Å². The van der Waals surface area contributed by atoms with E-state index in [1.165, 1.54) is 30.3 Å². The summed E-state index contributed by atoms with van der Waals surface area (Å²) in [7, 11) is 0. The van der Waals surface area contributed by atoms with E-state index in [0.717, 1.165) is 5.56 Å². The number of aryl methyl sites for hydroxylation is 1. The van der Waals surface area contributed by atoms with Crippen molar-refractivity contribution in [3.05, 3.63) is 53.6 Å². The lowest BCUT2D eigenvalue weighted by molar-refractivity contribution is -0.141. The van der Waals surface area contributed by atoms with Gasteiger partial charge in [0.05, 0.1) is 0 Å². The van der Waals surface area contributed by atoms with Gasteiger partial charge in [0.25, 0.3) is 0 Å². The van der Waals surface area contributed by atoms with Crippen LogP contribution in [0.15, 0.2) is 42.5 Å². The van der Waals surface area contributed by atoms with Gasteiger partial charge in [-0.3, -0.25) is 4.79 Å². The molecular formula is C18H19NO6. The summed E-state index contributed by atoms with van der Waals surface area (Å²) in [5, 5.41) is 39.7. The second kappa shape index (κ2) is 8.05. The third kappa shape index (κ3) is 5.42. The molecule has 7 heteroatoms. The van der Waals surface area contributed by atoms with Crippen LogP contribution in [0.2, 0.25) is 0 Å². The molecule has 7 nitrogen and oxygen atoms in total. The molecular weight excluding hydrogens is 326 g/mol. The first kappa shape index (κ1) is 18.1. The molecule has 0 fully saturated rings. The highest BCUT2D eigenvalue weighted by atomic mass is 16.4. The number of nitrogens with one attached hydrogen (secondary N) is 1. The number of phenolic OH excluding ortho intramolecular Hbond substituents is 3. The lowest BCUT2D eigenvalue weighted by Gasteiger charge is -2.15. The molecule has 0 aliphatic heterocycles. The molecule has 5 N–H and O–H groups in total. The van der Waals surface area contributed by atoms with Crippen LogP contribution in [-0.4, -0.2) is 38.3 Å². The Labute approximate surface area is 144 Å². The van der Waals surface area contributed by atoms with E-state index in [1.54, 1.807) is 12.1 Å². The number of phenols is 3. The maximum absolute atomic E-state index is 12.0. The van der Waals surface area contributed by atoms with Gasteiger partial charge in [-0.05, 0) is 41.8 Å². The predicted octanol–water partition coefficient (Wildman–Crippen LogP) is 1.55. The first-order valence-corrected chi connectivity index (χ1v) is 7.66. The molecule has 0 heterocycles. The van der Waals surface area contributed by atoms with Gasteiger partial charge in [-0.25, -0.2) is 4.79 Å². The monoisotopic (exact) mass is 345 g/mol. The lowest BCUT2D eigenvalue weighted by atomic mass is 10.0. The van der Waals surface area contributed by atoms with Gasteiger partial charge < -0.3 is 25.7 Å². The molecule has 0 radical (unpaired) electrons. The molecule has 1 amide bonds. The van der Waals surface area contributed by atoms with Crippen molar-refractivity contribution in [3.63, 3.8) is 0 Å². The van der Waals surface area contributed by atoms with E-state index >= 15 is 0 Å². The van der Waals surface area contributed by atoms with E-state index < -0.39 is 17.9 Å². The van der Waals surface area contributed by atoms with Gasteiger partial charge in [-0.2, -0.15) is 0 Å². The topological polar surface area (TPSA) is 127 Å². The number of carboxylic acid groups (broad SMARTS) is 1. The Hall–Kier alpha value is -3.22. The Bertz CT molecular complexity index is 757. The van der Waals surface area contributed by atoms with Crippen molar-refractivity contribution in [1.82, 2.24) is 5.32 Å². The molecule has 132 valence electrons. The van der Waals surface area contributed by atoms with Crippen LogP contribution in [0.25, 0.3) is 0 Å². The van der Waals surface area contributed by atoms with Crippen molar-refractivity contribution in [2.24, 2.45) is 0 Å². The Morgan fingerprint density at radius 3 is 2.16 bits per heavy atom. The standard InChI is InChI=1S/C18H19NO6/c20-13-5-1-11(2-6-13)4-8-17(23)19-14(18(24)25)9-12-3-7-15(21)16(22)10-12/h1-3,5-7,10,14,20-22H,4,8-9H2,(H,19,23)(H,24,25). The second-order valence-corrected chi connectivity index (χ2v) is 5.65. The number of hydrogen-bond donors (Lipinski definition) is 5. The maximum atomic E-state index is 12.0. The van der Waals surface area contributed by atoms with Crippen LogP contribution >= 0.6 is 0 Å². The molecule has 0 aromatic heterocycles. The largest absolute Gasteiger partial charge is 0.508 e. The molecule has 2 aromatic carbocycles. The predicted molar refractivity (Wildman–Crippen MR) is 89.5 cm³/mol. The summed E-state index contributed by atoms with van der Waals surface area (Å²) in [6.07, 6.45) is 0.502. The Balaban J connectivity index is 1.93. The van der Waals surface area contributed by atoms with Crippen molar-refractivity contribution < 1.29 is 30.0 Å². The van der Waals surface area contributed by atoms with Crippen LogP contribution in [0.1, 0.15) is 17.5 Å². The van der Waals surface area contributed by atoms with Crippen LogP contribution in [0, 0.1) is 0 Å². The van der Waals surface area contributed by atoms with Gasteiger partial charge in [-0.15, -0.1) is 0 Å². The number of aliphatic carboxylic acids is 1. The third-order valence-electron chi connectivity index (χ3n) is 3.69. The summed E-state index contributed by atoms with van der Waals surface area (Å²) >= 11 is 0. The van der Waals surface area contributed by atoms with E-state index in [-0.39, 0.29) is 30.1 Å². The van der Waals surface area contributed by atoms with Gasteiger partial charge in [0.15, 0.2) is 11.5 Å². The molecule has 1 atom stereocenters. The average Bonchev–Trinajstić information content (AvgIpc) is 2.57. The van der Waals surface area contributed by atoms with Crippen molar-refractivity contribution in [3.8, 4) is 17.2 Å². The minimum atomic E-state index is -1.19. The van der Waals surface area contributed by atoms with Crippen LogP contribution in [0.4, 0.5) is 0 Å². The number of rotatable bonds is 7. The van der Waals surface area contributed by atoms with Crippen LogP contribution in [-0.2, 0) is 22.4 Å². The number of carbonyl (C=O) groups excluding carboxylic acids is 1. The first-order valence-electron chi connectivity index (χ1n) is 7.66. The fourth-order valence-corrected chi connectivity index (χ4v) is 2.32. The van der Waals surface area contributed by atoms with E-state index in [2.05, 4.69) is 5.32 Å². The summed E-state index contributed by atoms with van der Waals surface area (Å²) < 4.78 is 0. The number of benzene rings is 2. The van der Waals surface area contributed by atoms with Crippen molar-refractivity contribution in [2.75, 3.05) is 0 Å². The van der Waals surface area contributed by atoms with Crippen molar-refractivity contribution >= 4 is 11.9 Å². The van der Waals surface area contributed by atoms with Crippen LogP contribution < -0.4 is 5.32 Å². The van der Waals surface area contributed by atoms with Gasteiger partial charge >= 0.3 is 5.97 Å². The number of aromatic hydroxyl groups is 3. The van der Waals surface area contributed by atoms with E-state index in [0.29, 0.717) is 12.0 Å². The molecule has 0 aliphatic rings. The van der Waals surface area contributed by atoms with E-state index in [9.17, 15) is 30.0 Å². The quantitative estimate of drug-likeness (QED) is 0.485. The fraction of sp³-hybridized carbons (Fsp3) is 0.222. The van der Waals surface area contributed by atoms with Gasteiger partial charge in [0.1, 0.15) is 11.8 Å². The fourth-order valence-electron chi connectivity index (χ4n) is 2.32. The number of hydrogen-bond acceptors (Lipinski definition) is 5. The Kier molecular flexibility index (Phi) is 5.84. The highest BCUT2D eigenvalue weighted by Crippen LogP contribution is 2.25. The molecule has 0 saturated heterocycles. The maximum Gasteiger partial charge on any atom is 0.326 e. The van der Waals surface area contributed by atoms with Crippen molar-refractivity contribution in [2.45, 2.75) is 25.3 Å². The average molecular weight is 345 g/mol. The van der Waals surface area contributed by atoms with Crippen LogP contribution in [0.3, 0.4) is 0 Å². The van der Waals surface area contributed by atoms with Crippen molar-refractivity contribution in [1.29, 1.82) is 0 Å². The van der Waals surface area contributed by atoms with E-state index in [1.807, 2.05) is 0 Å². The summed E-state index contributed by atoms with van der Waals surface area (Å²) in [6, 6.07) is 9.27. The van der Waals surface area contributed by atoms with E-state index in [4.69, 9.17) is 0 Å². The molecule has 0 bridgehead atoms. The molecule has 25 heavy (non-hydrogen) atoms. The zero-order valence-corrected chi connectivity index (χ0v) is 13.3. The number of carbonyl (C=O) groups is 2. The first-order chi connectivity index (χ1) is 11.8. The zero-order valence-electron chi connectivity index (χ0n) is 13.3. The zero-order chi connectivity index (χ0) is 18.4. The molecule has 2 rings (SSSR count).